The van der Waals surface area contributed by atoms with E-state index in [1.807, 2.05) is 85.8 Å². The van der Waals surface area contributed by atoms with Gasteiger partial charge in [0.2, 0.25) is 0 Å². The molecule has 6 heteroatoms. The smallest absolute Gasteiger partial charge is 0.159 e. The van der Waals surface area contributed by atoms with E-state index >= 15 is 0 Å². The Morgan fingerprint density at radius 1 is 0.724 bits per heavy atom. The molecule has 0 saturated carbocycles. The molecular formula is C23H21N5O. The highest BCUT2D eigenvalue weighted by atomic mass is 16.5. The average Bonchev–Trinajstić information content (AvgIpc) is 2.73. The first kappa shape index (κ1) is 18.3. The molecule has 0 saturated heterocycles. The summed E-state index contributed by atoms with van der Waals surface area (Å²) in [5, 5.41) is 6.47. The minimum absolute atomic E-state index is 0.443. The summed E-state index contributed by atoms with van der Waals surface area (Å²) in [5.74, 6) is 2.63. The van der Waals surface area contributed by atoms with Crippen molar-refractivity contribution in [1.82, 2.24) is 9.97 Å². The molecule has 0 atom stereocenters. The topological polar surface area (TPSA) is 85.1 Å². The van der Waals surface area contributed by atoms with Crippen LogP contribution in [0.25, 0.3) is 0 Å². The number of aryl methyl sites for hydroxylation is 1. The molecule has 0 fully saturated rings. The van der Waals surface area contributed by atoms with Crippen LogP contribution in [0, 0.1) is 6.92 Å². The molecule has 0 unspecified atom stereocenters. The van der Waals surface area contributed by atoms with Gasteiger partial charge in [-0.3, -0.25) is 0 Å². The third-order valence-electron chi connectivity index (χ3n) is 4.26. The second kappa shape index (κ2) is 8.31. The number of aromatic nitrogens is 2. The Bertz CT molecular complexity index is 1100. The van der Waals surface area contributed by atoms with Gasteiger partial charge in [-0.1, -0.05) is 30.3 Å². The number of benzene rings is 3. The monoisotopic (exact) mass is 383 g/mol. The van der Waals surface area contributed by atoms with E-state index in [2.05, 4.69) is 20.6 Å². The molecule has 0 aliphatic carbocycles. The minimum atomic E-state index is 0.443. The highest BCUT2D eigenvalue weighted by molar-refractivity contribution is 5.80. The summed E-state index contributed by atoms with van der Waals surface area (Å²) in [6, 6.07) is 25.3. The molecule has 0 spiro atoms. The Kier molecular flexibility index (Phi) is 5.25. The Morgan fingerprint density at radius 3 is 2.07 bits per heavy atom. The van der Waals surface area contributed by atoms with Gasteiger partial charge in [0.05, 0.1) is 0 Å². The molecule has 0 aliphatic rings. The zero-order chi connectivity index (χ0) is 20.1. The molecule has 4 rings (SSSR count). The number of rotatable bonds is 6. The van der Waals surface area contributed by atoms with Crippen molar-refractivity contribution in [2.24, 2.45) is 0 Å². The van der Waals surface area contributed by atoms with Gasteiger partial charge in [-0.05, 0) is 61.0 Å². The maximum Gasteiger partial charge on any atom is 0.159 e. The fourth-order valence-electron chi connectivity index (χ4n) is 2.82. The van der Waals surface area contributed by atoms with Crippen LogP contribution in [0.2, 0.25) is 0 Å². The molecule has 1 aromatic heterocycles. The number of hydrogen-bond acceptors (Lipinski definition) is 6. The van der Waals surface area contributed by atoms with Crippen molar-refractivity contribution in [3.63, 3.8) is 0 Å². The van der Waals surface area contributed by atoms with Gasteiger partial charge in [0.15, 0.2) is 11.6 Å². The van der Waals surface area contributed by atoms with Gasteiger partial charge in [-0.2, -0.15) is 0 Å². The quantitative estimate of drug-likeness (QED) is 0.399. The van der Waals surface area contributed by atoms with E-state index < -0.39 is 0 Å². The maximum absolute atomic E-state index is 6.27. The van der Waals surface area contributed by atoms with Crippen LogP contribution in [0.4, 0.5) is 28.7 Å². The first-order valence-corrected chi connectivity index (χ1v) is 9.21. The summed E-state index contributed by atoms with van der Waals surface area (Å²) >= 11 is 0. The van der Waals surface area contributed by atoms with Gasteiger partial charge in [0, 0.05) is 11.4 Å². The van der Waals surface area contributed by atoms with Gasteiger partial charge < -0.3 is 21.1 Å². The van der Waals surface area contributed by atoms with Crippen LogP contribution in [-0.2, 0) is 0 Å². The van der Waals surface area contributed by atoms with Crippen molar-refractivity contribution in [2.45, 2.75) is 6.92 Å². The van der Waals surface area contributed by atoms with E-state index in [9.17, 15) is 0 Å². The molecule has 0 bridgehead atoms. The van der Waals surface area contributed by atoms with Crippen LogP contribution in [0.5, 0.6) is 11.5 Å². The number of anilines is 5. The zero-order valence-corrected chi connectivity index (χ0v) is 16.0. The first-order valence-electron chi connectivity index (χ1n) is 9.21. The van der Waals surface area contributed by atoms with E-state index in [0.29, 0.717) is 17.3 Å². The average molecular weight is 383 g/mol. The molecule has 144 valence electrons. The van der Waals surface area contributed by atoms with Gasteiger partial charge in [-0.15, -0.1) is 0 Å². The van der Waals surface area contributed by atoms with Crippen LogP contribution in [0.3, 0.4) is 0 Å². The number of para-hydroxylation sites is 1. The van der Waals surface area contributed by atoms with Crippen LogP contribution >= 0.6 is 0 Å². The van der Waals surface area contributed by atoms with Crippen LogP contribution in [-0.4, -0.2) is 9.97 Å². The lowest BCUT2D eigenvalue weighted by molar-refractivity contribution is 0.483. The Hall–Kier alpha value is -4.06. The maximum atomic E-state index is 6.27. The number of nitrogen functional groups attached to an aromatic ring is 1. The fourth-order valence-corrected chi connectivity index (χ4v) is 2.82. The van der Waals surface area contributed by atoms with Gasteiger partial charge in [-0.25, -0.2) is 9.97 Å². The van der Waals surface area contributed by atoms with Crippen LogP contribution < -0.4 is 21.1 Å². The molecule has 0 amide bonds. The van der Waals surface area contributed by atoms with Crippen LogP contribution in [0.1, 0.15) is 5.56 Å². The zero-order valence-electron chi connectivity index (χ0n) is 16.0. The predicted octanol–water partition coefficient (Wildman–Crippen LogP) is 5.65. The largest absolute Gasteiger partial charge is 0.457 e. The highest BCUT2D eigenvalue weighted by Gasteiger charge is 2.09. The van der Waals surface area contributed by atoms with Gasteiger partial charge in [0.25, 0.3) is 0 Å². The second-order valence-corrected chi connectivity index (χ2v) is 6.54. The van der Waals surface area contributed by atoms with Gasteiger partial charge >= 0.3 is 0 Å². The molecular weight excluding hydrogens is 362 g/mol. The Labute approximate surface area is 169 Å². The molecule has 4 N–H and O–H groups in total. The summed E-state index contributed by atoms with van der Waals surface area (Å²) in [6.07, 6.45) is 1.48. The number of nitrogens with one attached hydrogen (secondary N) is 2. The lowest BCUT2D eigenvalue weighted by Crippen LogP contribution is -2.05. The van der Waals surface area contributed by atoms with E-state index in [0.717, 1.165) is 28.4 Å². The minimum Gasteiger partial charge on any atom is -0.457 e. The third kappa shape index (κ3) is 4.62. The molecule has 0 aliphatic heterocycles. The summed E-state index contributed by atoms with van der Waals surface area (Å²) in [4.78, 5) is 8.52. The fraction of sp³-hybridized carbons (Fsp3) is 0.0435. The summed E-state index contributed by atoms with van der Waals surface area (Å²) in [5.41, 5.74) is 9.63. The number of ether oxygens (including phenoxy) is 1. The third-order valence-corrected chi connectivity index (χ3v) is 4.26. The molecule has 29 heavy (non-hydrogen) atoms. The molecule has 1 heterocycles. The van der Waals surface area contributed by atoms with Crippen molar-refractivity contribution in [1.29, 1.82) is 0 Å². The SMILES string of the molecule is Cc1cccc(Nc2ncnc(Nc3ccc(Oc4ccccc4)cc3)c2N)c1. The number of nitrogens with zero attached hydrogens (tertiary/aromatic N) is 2. The van der Waals surface area contributed by atoms with Crippen molar-refractivity contribution >= 4 is 28.7 Å². The number of nitrogens with two attached hydrogens (primary N) is 1. The van der Waals surface area contributed by atoms with E-state index in [1.165, 1.54) is 6.33 Å². The summed E-state index contributed by atoms with van der Waals surface area (Å²) in [7, 11) is 0. The molecule has 0 radical (unpaired) electrons. The lowest BCUT2D eigenvalue weighted by Gasteiger charge is -2.13. The molecule has 6 nitrogen and oxygen atoms in total. The Balaban J connectivity index is 1.48. The second-order valence-electron chi connectivity index (χ2n) is 6.54. The lowest BCUT2D eigenvalue weighted by atomic mass is 10.2. The highest BCUT2D eigenvalue weighted by Crippen LogP contribution is 2.29. The first-order chi connectivity index (χ1) is 14.2. The standard InChI is InChI=1S/C23H21N5O/c1-16-6-5-7-18(14-16)28-23-21(24)22(25-15-26-23)27-17-10-12-20(13-11-17)29-19-8-3-2-4-9-19/h2-15H,24H2,1H3,(H2,25,26,27,28). The van der Waals surface area contributed by atoms with Crippen LogP contribution in [0.15, 0.2) is 85.2 Å². The van der Waals surface area contributed by atoms with Crippen molar-refractivity contribution in [3.05, 3.63) is 90.8 Å². The Morgan fingerprint density at radius 2 is 1.38 bits per heavy atom. The number of hydrogen-bond donors (Lipinski definition) is 3. The van der Waals surface area contributed by atoms with Crippen molar-refractivity contribution < 1.29 is 4.74 Å². The predicted molar refractivity (Wildman–Crippen MR) is 117 cm³/mol. The van der Waals surface area contributed by atoms with Crippen molar-refractivity contribution in [3.8, 4) is 11.5 Å². The van der Waals surface area contributed by atoms with E-state index in [-0.39, 0.29) is 0 Å². The normalized spacial score (nSPS) is 10.4. The summed E-state index contributed by atoms with van der Waals surface area (Å²) in [6.45, 7) is 2.03. The molecule has 3 aromatic carbocycles. The van der Waals surface area contributed by atoms with Gasteiger partial charge in [0.1, 0.15) is 23.5 Å². The summed E-state index contributed by atoms with van der Waals surface area (Å²) < 4.78 is 5.81. The molecule has 4 aromatic rings. The van der Waals surface area contributed by atoms with Crippen molar-refractivity contribution in [2.75, 3.05) is 16.4 Å². The van der Waals surface area contributed by atoms with E-state index in [4.69, 9.17) is 10.5 Å². The van der Waals surface area contributed by atoms with E-state index in [1.54, 1.807) is 0 Å².